The molecule has 0 heterocycles. The number of carbonyl (C=O) groups is 3. The van der Waals surface area contributed by atoms with Crippen LogP contribution < -0.4 is 10.6 Å². The highest BCUT2D eigenvalue weighted by molar-refractivity contribution is 7.90. The van der Waals surface area contributed by atoms with Crippen molar-refractivity contribution in [2.24, 2.45) is 0 Å². The molecule has 102 valence electrons. The van der Waals surface area contributed by atoms with E-state index in [9.17, 15) is 22.8 Å². The van der Waals surface area contributed by atoms with Gasteiger partial charge in [0.15, 0.2) is 0 Å². The predicted molar refractivity (Wildman–Crippen MR) is 62.6 cm³/mol. The van der Waals surface area contributed by atoms with Crippen molar-refractivity contribution in [3.05, 3.63) is 12.2 Å². The maximum atomic E-state index is 11.0. The molecule has 18 heavy (non-hydrogen) atoms. The normalized spacial score (nSPS) is 11.2. The van der Waals surface area contributed by atoms with Crippen molar-refractivity contribution >= 4 is 27.7 Å². The molecule has 0 spiro atoms. The molecule has 8 nitrogen and oxygen atoms in total. The van der Waals surface area contributed by atoms with Gasteiger partial charge in [-0.25, -0.2) is 18.0 Å². The largest absolute Gasteiger partial charge is 0.478 e. The summed E-state index contributed by atoms with van der Waals surface area (Å²) in [6.45, 7) is 0.0921. The van der Waals surface area contributed by atoms with Crippen LogP contribution in [0.25, 0.3) is 0 Å². The second-order valence-electron chi connectivity index (χ2n) is 3.40. The minimum Gasteiger partial charge on any atom is -0.478 e. The van der Waals surface area contributed by atoms with E-state index < -0.39 is 27.7 Å². The van der Waals surface area contributed by atoms with Crippen LogP contribution in [0.5, 0.6) is 0 Å². The fourth-order valence-electron chi connectivity index (χ4n) is 0.881. The number of amides is 3. The van der Waals surface area contributed by atoms with Gasteiger partial charge in [-0.05, 0) is 6.42 Å². The van der Waals surface area contributed by atoms with E-state index >= 15 is 0 Å². The summed E-state index contributed by atoms with van der Waals surface area (Å²) in [7, 11) is -3.08. The minimum absolute atomic E-state index is 0.0693. The Morgan fingerprint density at radius 3 is 2.33 bits per heavy atom. The Balaban J connectivity index is 3.85. The van der Waals surface area contributed by atoms with E-state index in [1.165, 1.54) is 0 Å². The van der Waals surface area contributed by atoms with Gasteiger partial charge in [0.2, 0.25) is 0 Å². The number of imide groups is 1. The summed E-state index contributed by atoms with van der Waals surface area (Å²) in [5.41, 5.74) is 0. The fourth-order valence-corrected chi connectivity index (χ4v) is 1.55. The number of aliphatic carboxylic acids is 1. The van der Waals surface area contributed by atoms with E-state index in [4.69, 9.17) is 5.11 Å². The Morgan fingerprint density at radius 2 is 1.83 bits per heavy atom. The maximum absolute atomic E-state index is 11.0. The van der Waals surface area contributed by atoms with E-state index in [0.29, 0.717) is 12.2 Å². The number of carbonyl (C=O) groups excluding carboxylic acids is 2. The Labute approximate surface area is 104 Å². The quantitative estimate of drug-likeness (QED) is 0.417. The number of sulfone groups is 1. The van der Waals surface area contributed by atoms with Crippen LogP contribution in [0.2, 0.25) is 0 Å². The molecule has 0 atom stereocenters. The Hall–Kier alpha value is -1.90. The number of urea groups is 1. The Morgan fingerprint density at radius 1 is 1.22 bits per heavy atom. The lowest BCUT2D eigenvalue weighted by Gasteiger charge is -2.04. The first-order valence-corrected chi connectivity index (χ1v) is 6.94. The van der Waals surface area contributed by atoms with Gasteiger partial charge in [0.25, 0.3) is 5.91 Å². The average molecular weight is 278 g/mol. The second kappa shape index (κ2) is 7.43. The van der Waals surface area contributed by atoms with Gasteiger partial charge in [-0.2, -0.15) is 0 Å². The fraction of sp³-hybridized carbons (Fsp3) is 0.444. The number of hydrogen-bond acceptors (Lipinski definition) is 5. The van der Waals surface area contributed by atoms with E-state index in [2.05, 4.69) is 5.32 Å². The van der Waals surface area contributed by atoms with Crippen LogP contribution in [0.4, 0.5) is 4.79 Å². The lowest BCUT2D eigenvalue weighted by molar-refractivity contribution is -0.131. The number of nitrogens with one attached hydrogen (secondary N) is 2. The molecule has 0 fully saturated rings. The summed E-state index contributed by atoms with van der Waals surface area (Å²) in [6.07, 6.45) is 2.59. The first-order chi connectivity index (χ1) is 8.20. The molecule has 0 radical (unpaired) electrons. The van der Waals surface area contributed by atoms with Gasteiger partial charge in [-0.3, -0.25) is 10.1 Å². The number of hydrogen-bond donors (Lipinski definition) is 3. The van der Waals surface area contributed by atoms with Gasteiger partial charge >= 0.3 is 12.0 Å². The topological polar surface area (TPSA) is 130 Å². The van der Waals surface area contributed by atoms with Gasteiger partial charge in [0, 0.05) is 25.0 Å². The smallest absolute Gasteiger partial charge is 0.328 e. The summed E-state index contributed by atoms with van der Waals surface area (Å²) < 4.78 is 21.5. The lowest BCUT2D eigenvalue weighted by Crippen LogP contribution is -2.39. The molecule has 0 aromatic carbocycles. The van der Waals surface area contributed by atoms with E-state index in [1.54, 1.807) is 0 Å². The molecule has 0 saturated carbocycles. The Bertz CT molecular complexity index is 454. The lowest BCUT2D eigenvalue weighted by atomic mass is 10.4. The highest BCUT2D eigenvalue weighted by Gasteiger charge is 2.05. The van der Waals surface area contributed by atoms with Crippen LogP contribution in [0.3, 0.4) is 0 Å². The zero-order valence-electron chi connectivity index (χ0n) is 9.67. The summed E-state index contributed by atoms with van der Waals surface area (Å²) in [4.78, 5) is 32.1. The number of rotatable bonds is 6. The van der Waals surface area contributed by atoms with Crippen molar-refractivity contribution in [3.8, 4) is 0 Å². The standard InChI is InChI=1S/C9H14N2O6S/c1-18(16,17)6-2-5-10-9(15)11-7(12)3-4-8(13)14/h3-4H,2,5-6H2,1H3,(H,13,14)(H2,10,11,12,15). The van der Waals surface area contributed by atoms with E-state index in [0.717, 1.165) is 6.26 Å². The molecule has 0 aromatic heterocycles. The molecule has 0 rings (SSSR count). The average Bonchev–Trinajstić information content (AvgIpc) is 2.20. The van der Waals surface area contributed by atoms with Crippen LogP contribution in [0.1, 0.15) is 6.42 Å². The first kappa shape index (κ1) is 16.1. The van der Waals surface area contributed by atoms with Crippen molar-refractivity contribution < 1.29 is 27.9 Å². The zero-order chi connectivity index (χ0) is 14.2. The summed E-state index contributed by atoms with van der Waals surface area (Å²) in [6, 6.07) is -0.816. The number of carboxylic acid groups (broad SMARTS) is 1. The molecular formula is C9H14N2O6S. The monoisotopic (exact) mass is 278 g/mol. The van der Waals surface area contributed by atoms with Crippen molar-refractivity contribution in [2.75, 3.05) is 18.6 Å². The maximum Gasteiger partial charge on any atom is 0.328 e. The third kappa shape index (κ3) is 10.6. The minimum atomic E-state index is -3.08. The summed E-state index contributed by atoms with van der Waals surface area (Å²) in [5, 5.41) is 12.3. The molecular weight excluding hydrogens is 264 g/mol. The SMILES string of the molecule is CS(=O)(=O)CCCNC(=O)NC(=O)C=CC(=O)O. The van der Waals surface area contributed by atoms with Gasteiger partial charge in [-0.15, -0.1) is 0 Å². The van der Waals surface area contributed by atoms with Crippen molar-refractivity contribution in [2.45, 2.75) is 6.42 Å². The highest BCUT2D eigenvalue weighted by atomic mass is 32.2. The molecule has 3 amide bonds. The molecule has 0 bridgehead atoms. The van der Waals surface area contributed by atoms with Crippen LogP contribution in [0, 0.1) is 0 Å². The van der Waals surface area contributed by atoms with Crippen molar-refractivity contribution in [1.82, 2.24) is 10.6 Å². The van der Waals surface area contributed by atoms with Gasteiger partial charge in [0.1, 0.15) is 9.84 Å². The van der Waals surface area contributed by atoms with Crippen molar-refractivity contribution in [1.29, 1.82) is 0 Å². The van der Waals surface area contributed by atoms with Crippen LogP contribution >= 0.6 is 0 Å². The molecule has 0 saturated heterocycles. The molecule has 3 N–H and O–H groups in total. The third-order valence-corrected chi connectivity index (χ3v) is 2.62. The zero-order valence-corrected chi connectivity index (χ0v) is 10.5. The summed E-state index contributed by atoms with van der Waals surface area (Å²) in [5.74, 6) is -2.25. The molecule has 0 aliphatic carbocycles. The molecule has 0 aliphatic rings. The molecule has 0 aromatic rings. The van der Waals surface area contributed by atoms with Gasteiger partial charge < -0.3 is 10.4 Å². The highest BCUT2D eigenvalue weighted by Crippen LogP contribution is 1.86. The van der Waals surface area contributed by atoms with Gasteiger partial charge in [-0.1, -0.05) is 0 Å². The molecule has 0 unspecified atom stereocenters. The first-order valence-electron chi connectivity index (χ1n) is 4.88. The number of carboxylic acids is 1. The van der Waals surface area contributed by atoms with Crippen LogP contribution in [-0.2, 0) is 19.4 Å². The second-order valence-corrected chi connectivity index (χ2v) is 5.66. The predicted octanol–water partition coefficient (Wildman–Crippen LogP) is -1.11. The Kier molecular flexibility index (Phi) is 6.65. The molecule has 9 heteroatoms. The summed E-state index contributed by atoms with van der Waals surface area (Å²) >= 11 is 0. The van der Waals surface area contributed by atoms with E-state index in [1.807, 2.05) is 5.32 Å². The molecule has 0 aliphatic heterocycles. The third-order valence-electron chi connectivity index (χ3n) is 1.59. The van der Waals surface area contributed by atoms with Crippen LogP contribution in [-0.4, -0.2) is 50.0 Å². The van der Waals surface area contributed by atoms with Crippen LogP contribution in [0.15, 0.2) is 12.2 Å². The van der Waals surface area contributed by atoms with Crippen molar-refractivity contribution in [3.63, 3.8) is 0 Å². The van der Waals surface area contributed by atoms with Gasteiger partial charge in [0.05, 0.1) is 5.75 Å². The van der Waals surface area contributed by atoms with E-state index in [-0.39, 0.29) is 18.7 Å².